The quantitative estimate of drug-likeness (QED) is 0.710. The van der Waals surface area contributed by atoms with Gasteiger partial charge in [0.15, 0.2) is 0 Å². The Hall–Kier alpha value is -2.31. The van der Waals surface area contributed by atoms with Crippen LogP contribution in [0.1, 0.15) is 59.3 Å². The molecule has 0 aliphatic heterocycles. The van der Waals surface area contributed by atoms with Gasteiger partial charge in [0.05, 0.1) is 17.4 Å². The molecule has 3 N–H and O–H groups in total. The molecule has 0 saturated heterocycles. The largest absolute Gasteiger partial charge is 0.444 e. The lowest BCUT2D eigenvalue weighted by Crippen LogP contribution is -2.56. The minimum absolute atomic E-state index is 0.312. The average Bonchev–Trinajstić information content (AvgIpc) is 2.78. The standard InChI is InChI=1S/C19H30N4O3/c1-18(2,3)26-17(25)23-19(10-6-4-5-7-11-19)14-21-16(24)22-15-9-8-12-20-13-15/h8-9,12-13H,4-7,10-11,14H2,1-3H3,(H,23,25)(H2,21,22,24). The van der Waals surface area contributed by atoms with Gasteiger partial charge in [-0.2, -0.15) is 0 Å². The van der Waals surface area contributed by atoms with Gasteiger partial charge in [-0.05, 0) is 45.7 Å². The Balaban J connectivity index is 1.97. The number of rotatable bonds is 4. The lowest BCUT2D eigenvalue weighted by atomic mass is 9.90. The number of aromatic nitrogens is 1. The first-order valence-corrected chi connectivity index (χ1v) is 9.24. The van der Waals surface area contributed by atoms with E-state index < -0.39 is 17.2 Å². The minimum atomic E-state index is -0.554. The number of carbonyl (C=O) groups is 2. The summed E-state index contributed by atoms with van der Waals surface area (Å²) in [4.78, 5) is 28.5. The van der Waals surface area contributed by atoms with E-state index in [1.165, 1.54) is 0 Å². The molecule has 144 valence electrons. The van der Waals surface area contributed by atoms with Crippen molar-refractivity contribution in [3.05, 3.63) is 24.5 Å². The molecule has 1 heterocycles. The molecule has 26 heavy (non-hydrogen) atoms. The summed E-state index contributed by atoms with van der Waals surface area (Å²) in [6.07, 6.45) is 8.74. The fourth-order valence-corrected chi connectivity index (χ4v) is 3.13. The lowest BCUT2D eigenvalue weighted by molar-refractivity contribution is 0.0442. The number of pyridine rings is 1. The van der Waals surface area contributed by atoms with Crippen molar-refractivity contribution in [3.8, 4) is 0 Å². The van der Waals surface area contributed by atoms with Crippen molar-refractivity contribution in [1.82, 2.24) is 15.6 Å². The van der Waals surface area contributed by atoms with Crippen LogP contribution in [0, 0.1) is 0 Å². The zero-order valence-electron chi connectivity index (χ0n) is 15.9. The second-order valence-corrected chi connectivity index (χ2v) is 7.87. The summed E-state index contributed by atoms with van der Waals surface area (Å²) < 4.78 is 5.42. The summed E-state index contributed by atoms with van der Waals surface area (Å²) in [7, 11) is 0. The molecule has 0 bridgehead atoms. The van der Waals surface area contributed by atoms with E-state index in [9.17, 15) is 9.59 Å². The smallest absolute Gasteiger partial charge is 0.408 e. The van der Waals surface area contributed by atoms with Gasteiger partial charge in [0.2, 0.25) is 0 Å². The van der Waals surface area contributed by atoms with Crippen molar-refractivity contribution in [2.75, 3.05) is 11.9 Å². The van der Waals surface area contributed by atoms with Gasteiger partial charge in [-0.15, -0.1) is 0 Å². The van der Waals surface area contributed by atoms with E-state index in [0.717, 1.165) is 38.5 Å². The normalized spacial score (nSPS) is 16.9. The molecule has 1 fully saturated rings. The first-order valence-electron chi connectivity index (χ1n) is 9.24. The van der Waals surface area contributed by atoms with Crippen LogP contribution >= 0.6 is 0 Å². The average molecular weight is 362 g/mol. The molecule has 1 aromatic rings. The molecule has 1 saturated carbocycles. The SMILES string of the molecule is CC(C)(C)OC(=O)NC1(CNC(=O)Nc2cccnc2)CCCCCC1. The molecule has 7 heteroatoms. The van der Waals surface area contributed by atoms with Crippen LogP contribution in [0.15, 0.2) is 24.5 Å². The zero-order valence-corrected chi connectivity index (χ0v) is 15.9. The molecule has 0 aromatic carbocycles. The number of anilines is 1. The topological polar surface area (TPSA) is 92.4 Å². The van der Waals surface area contributed by atoms with Gasteiger partial charge in [0.25, 0.3) is 0 Å². The van der Waals surface area contributed by atoms with Crippen LogP contribution < -0.4 is 16.0 Å². The highest BCUT2D eigenvalue weighted by Gasteiger charge is 2.34. The first-order chi connectivity index (χ1) is 12.3. The zero-order chi connectivity index (χ0) is 19.0. The van der Waals surface area contributed by atoms with Crippen LogP contribution in [-0.2, 0) is 4.74 Å². The van der Waals surface area contributed by atoms with E-state index in [4.69, 9.17) is 4.74 Å². The second-order valence-electron chi connectivity index (χ2n) is 7.87. The van der Waals surface area contributed by atoms with Gasteiger partial charge >= 0.3 is 12.1 Å². The van der Waals surface area contributed by atoms with Gasteiger partial charge in [-0.1, -0.05) is 25.7 Å². The van der Waals surface area contributed by atoms with Crippen molar-refractivity contribution in [2.45, 2.75) is 70.4 Å². The maximum atomic E-state index is 12.3. The third kappa shape index (κ3) is 6.90. The van der Waals surface area contributed by atoms with Crippen LogP contribution in [0.3, 0.4) is 0 Å². The minimum Gasteiger partial charge on any atom is -0.444 e. The maximum Gasteiger partial charge on any atom is 0.408 e. The Morgan fingerprint density at radius 1 is 1.19 bits per heavy atom. The third-order valence-electron chi connectivity index (χ3n) is 4.33. The van der Waals surface area contributed by atoms with Crippen molar-refractivity contribution >= 4 is 17.8 Å². The summed E-state index contributed by atoms with van der Waals surface area (Å²) in [5, 5.41) is 8.67. The van der Waals surface area contributed by atoms with Crippen molar-refractivity contribution in [2.24, 2.45) is 0 Å². The summed E-state index contributed by atoms with van der Waals surface area (Å²) in [5.74, 6) is 0. The van der Waals surface area contributed by atoms with E-state index in [-0.39, 0.29) is 6.03 Å². The van der Waals surface area contributed by atoms with Crippen molar-refractivity contribution in [1.29, 1.82) is 0 Å². The number of amides is 3. The Morgan fingerprint density at radius 2 is 1.88 bits per heavy atom. The van der Waals surface area contributed by atoms with Crippen LogP contribution in [0.25, 0.3) is 0 Å². The number of nitrogens with zero attached hydrogens (tertiary/aromatic N) is 1. The Bertz CT molecular complexity index is 591. The molecule has 2 rings (SSSR count). The molecule has 1 aromatic heterocycles. The predicted molar refractivity (Wildman–Crippen MR) is 101 cm³/mol. The van der Waals surface area contributed by atoms with Crippen molar-refractivity contribution < 1.29 is 14.3 Å². The van der Waals surface area contributed by atoms with Crippen LogP contribution in [0.4, 0.5) is 15.3 Å². The number of carbonyl (C=O) groups excluding carboxylic acids is 2. The molecular weight excluding hydrogens is 332 g/mol. The molecule has 7 nitrogen and oxygen atoms in total. The van der Waals surface area contributed by atoms with Crippen LogP contribution in [0.5, 0.6) is 0 Å². The van der Waals surface area contributed by atoms with E-state index in [1.54, 1.807) is 24.5 Å². The number of nitrogens with one attached hydrogen (secondary N) is 3. The molecule has 1 aliphatic rings. The number of alkyl carbamates (subject to hydrolysis) is 1. The number of hydrogen-bond donors (Lipinski definition) is 3. The number of urea groups is 1. The third-order valence-corrected chi connectivity index (χ3v) is 4.33. The van der Waals surface area contributed by atoms with Gasteiger partial charge in [0.1, 0.15) is 5.60 Å². The number of ether oxygens (including phenoxy) is 1. The van der Waals surface area contributed by atoms with Crippen molar-refractivity contribution in [3.63, 3.8) is 0 Å². The van der Waals surface area contributed by atoms with Crippen LogP contribution in [-0.4, -0.2) is 34.8 Å². The van der Waals surface area contributed by atoms with Gasteiger partial charge < -0.3 is 20.7 Å². The fourth-order valence-electron chi connectivity index (χ4n) is 3.13. The van der Waals surface area contributed by atoms with E-state index in [1.807, 2.05) is 20.8 Å². The molecule has 3 amide bonds. The Labute approximate surface area is 155 Å². The lowest BCUT2D eigenvalue weighted by Gasteiger charge is -2.35. The molecule has 0 spiro atoms. The van der Waals surface area contributed by atoms with E-state index in [2.05, 4.69) is 20.9 Å². The molecule has 0 radical (unpaired) electrons. The molecule has 0 atom stereocenters. The molecule has 0 unspecified atom stereocenters. The monoisotopic (exact) mass is 362 g/mol. The Kier molecular flexibility index (Phi) is 6.83. The summed E-state index contributed by atoms with van der Waals surface area (Å²) in [5.41, 5.74) is -0.410. The van der Waals surface area contributed by atoms with Gasteiger partial charge in [-0.25, -0.2) is 9.59 Å². The first kappa shape index (κ1) is 20.0. The van der Waals surface area contributed by atoms with Gasteiger partial charge in [0, 0.05) is 12.7 Å². The second kappa shape index (κ2) is 8.87. The molecular formula is C19H30N4O3. The fraction of sp³-hybridized carbons (Fsp3) is 0.632. The van der Waals surface area contributed by atoms with Crippen LogP contribution in [0.2, 0.25) is 0 Å². The summed E-state index contributed by atoms with van der Waals surface area (Å²) in [6, 6.07) is 3.21. The molecule has 1 aliphatic carbocycles. The number of hydrogen-bond acceptors (Lipinski definition) is 4. The summed E-state index contributed by atoms with van der Waals surface area (Å²) in [6.45, 7) is 5.88. The highest BCUT2D eigenvalue weighted by Crippen LogP contribution is 2.27. The van der Waals surface area contributed by atoms with Gasteiger partial charge in [-0.3, -0.25) is 4.98 Å². The maximum absolute atomic E-state index is 12.3. The van der Waals surface area contributed by atoms with E-state index in [0.29, 0.717) is 12.2 Å². The summed E-state index contributed by atoms with van der Waals surface area (Å²) >= 11 is 0. The highest BCUT2D eigenvalue weighted by atomic mass is 16.6. The predicted octanol–water partition coefficient (Wildman–Crippen LogP) is 3.82. The van der Waals surface area contributed by atoms with E-state index >= 15 is 0 Å². The Morgan fingerprint density at radius 3 is 2.46 bits per heavy atom. The highest BCUT2D eigenvalue weighted by molar-refractivity contribution is 5.89.